The molecule has 1 saturated carbocycles. The minimum Gasteiger partial charge on any atom is -0.332 e. The quantitative estimate of drug-likeness (QED) is 0.523. The van der Waals surface area contributed by atoms with E-state index in [1.165, 1.54) is 18.6 Å². The van der Waals surface area contributed by atoms with Crippen molar-refractivity contribution in [1.29, 1.82) is 0 Å². The van der Waals surface area contributed by atoms with E-state index in [1.807, 2.05) is 18.4 Å². The standard InChI is InChI=1S/C23H28ClFN2O2S/c1-17-11-12-30-21(17)15-26(14-18-7-9-19(25)10-8-18)23(29)16-27(22(28)13-24)20-5-3-2-4-6-20/h7-12,20H,2-6,13-16H2,1H3. The lowest BCUT2D eigenvalue weighted by Gasteiger charge is -2.35. The molecule has 30 heavy (non-hydrogen) atoms. The van der Waals surface area contributed by atoms with Crippen molar-refractivity contribution in [3.05, 3.63) is 57.5 Å². The van der Waals surface area contributed by atoms with Gasteiger partial charge in [-0.05, 0) is 54.5 Å². The first-order valence-corrected chi connectivity index (χ1v) is 11.8. The Morgan fingerprint density at radius 1 is 1.07 bits per heavy atom. The first kappa shape index (κ1) is 22.8. The van der Waals surface area contributed by atoms with Crippen LogP contribution in [0.3, 0.4) is 0 Å². The maximum atomic E-state index is 13.3. The lowest BCUT2D eigenvalue weighted by Crippen LogP contribution is -2.48. The predicted octanol–water partition coefficient (Wildman–Crippen LogP) is 5.12. The molecule has 4 nitrogen and oxygen atoms in total. The summed E-state index contributed by atoms with van der Waals surface area (Å²) in [5.41, 5.74) is 1.99. The summed E-state index contributed by atoms with van der Waals surface area (Å²) in [7, 11) is 0. The second kappa shape index (κ2) is 10.9. The highest BCUT2D eigenvalue weighted by Gasteiger charge is 2.28. The Morgan fingerprint density at radius 2 is 1.77 bits per heavy atom. The molecule has 1 aliphatic carbocycles. The summed E-state index contributed by atoms with van der Waals surface area (Å²) in [6.45, 7) is 2.89. The van der Waals surface area contributed by atoms with Gasteiger partial charge in [0.2, 0.25) is 11.8 Å². The molecule has 0 bridgehead atoms. The minimum atomic E-state index is -0.304. The summed E-state index contributed by atoms with van der Waals surface area (Å²) in [4.78, 5) is 30.4. The Kier molecular flexibility index (Phi) is 8.28. The lowest BCUT2D eigenvalue weighted by molar-refractivity contribution is -0.142. The van der Waals surface area contributed by atoms with Gasteiger partial charge in [-0.2, -0.15) is 0 Å². The van der Waals surface area contributed by atoms with Crippen LogP contribution in [0.2, 0.25) is 0 Å². The number of hydrogen-bond donors (Lipinski definition) is 0. The summed E-state index contributed by atoms with van der Waals surface area (Å²) in [6, 6.07) is 8.30. The molecule has 0 N–H and O–H groups in total. The van der Waals surface area contributed by atoms with E-state index < -0.39 is 0 Å². The van der Waals surface area contributed by atoms with E-state index in [9.17, 15) is 14.0 Å². The number of hydrogen-bond acceptors (Lipinski definition) is 3. The van der Waals surface area contributed by atoms with Gasteiger partial charge in [-0.15, -0.1) is 22.9 Å². The van der Waals surface area contributed by atoms with Crippen molar-refractivity contribution < 1.29 is 14.0 Å². The summed E-state index contributed by atoms with van der Waals surface area (Å²) < 4.78 is 13.3. The fourth-order valence-corrected chi connectivity index (χ4v) is 4.99. The highest BCUT2D eigenvalue weighted by Crippen LogP contribution is 2.24. The molecular formula is C23H28ClFN2O2S. The zero-order valence-electron chi connectivity index (χ0n) is 17.3. The van der Waals surface area contributed by atoms with Gasteiger partial charge in [-0.25, -0.2) is 4.39 Å². The Morgan fingerprint density at radius 3 is 2.37 bits per heavy atom. The molecule has 162 valence electrons. The zero-order chi connectivity index (χ0) is 21.5. The van der Waals surface area contributed by atoms with Crippen molar-refractivity contribution in [3.63, 3.8) is 0 Å². The number of alkyl halides is 1. The monoisotopic (exact) mass is 450 g/mol. The van der Waals surface area contributed by atoms with Gasteiger partial charge in [0.1, 0.15) is 18.2 Å². The predicted molar refractivity (Wildman–Crippen MR) is 119 cm³/mol. The van der Waals surface area contributed by atoms with E-state index in [-0.39, 0.29) is 36.1 Å². The number of thiophene rings is 1. The van der Waals surface area contributed by atoms with Crippen LogP contribution in [-0.4, -0.2) is 40.1 Å². The average Bonchev–Trinajstić information content (AvgIpc) is 3.17. The molecule has 1 aromatic carbocycles. The van der Waals surface area contributed by atoms with E-state index in [4.69, 9.17) is 11.6 Å². The Labute approximate surface area is 186 Å². The second-order valence-corrected chi connectivity index (χ2v) is 9.12. The van der Waals surface area contributed by atoms with E-state index in [2.05, 4.69) is 0 Å². The second-order valence-electron chi connectivity index (χ2n) is 7.85. The van der Waals surface area contributed by atoms with Crippen LogP contribution in [0, 0.1) is 12.7 Å². The van der Waals surface area contributed by atoms with Gasteiger partial charge in [-0.1, -0.05) is 31.4 Å². The van der Waals surface area contributed by atoms with Crippen molar-refractivity contribution in [2.45, 2.75) is 58.2 Å². The van der Waals surface area contributed by atoms with Crippen LogP contribution in [-0.2, 0) is 22.7 Å². The number of rotatable bonds is 8. The average molecular weight is 451 g/mol. The lowest BCUT2D eigenvalue weighted by atomic mass is 9.94. The molecule has 0 unspecified atom stereocenters. The Balaban J connectivity index is 1.78. The van der Waals surface area contributed by atoms with Crippen molar-refractivity contribution in [1.82, 2.24) is 9.80 Å². The first-order chi connectivity index (χ1) is 14.5. The van der Waals surface area contributed by atoms with Gasteiger partial charge in [0.15, 0.2) is 0 Å². The third-order valence-electron chi connectivity index (χ3n) is 5.70. The van der Waals surface area contributed by atoms with Gasteiger partial charge in [0, 0.05) is 17.5 Å². The number of benzene rings is 1. The molecule has 1 aliphatic rings. The summed E-state index contributed by atoms with van der Waals surface area (Å²) in [5, 5.41) is 2.01. The number of amides is 2. The molecule has 2 amide bonds. The normalized spacial score (nSPS) is 14.5. The molecule has 7 heteroatoms. The Bertz CT molecular complexity index is 849. The van der Waals surface area contributed by atoms with E-state index in [0.29, 0.717) is 13.1 Å². The third kappa shape index (κ3) is 6.05. The van der Waals surface area contributed by atoms with Gasteiger partial charge >= 0.3 is 0 Å². The molecule has 3 rings (SSSR count). The summed E-state index contributed by atoms with van der Waals surface area (Å²) in [5.74, 6) is -0.727. The smallest absolute Gasteiger partial charge is 0.242 e. The van der Waals surface area contributed by atoms with Crippen molar-refractivity contribution in [2.75, 3.05) is 12.4 Å². The van der Waals surface area contributed by atoms with Crippen molar-refractivity contribution in [3.8, 4) is 0 Å². The molecule has 1 fully saturated rings. The molecule has 1 heterocycles. The molecule has 0 aliphatic heterocycles. The zero-order valence-corrected chi connectivity index (χ0v) is 18.9. The SMILES string of the molecule is Cc1ccsc1CN(Cc1ccc(F)cc1)C(=O)CN(C(=O)CCl)C1CCCCC1. The number of halogens is 2. The van der Waals surface area contributed by atoms with Crippen molar-refractivity contribution >= 4 is 34.8 Å². The molecular weight excluding hydrogens is 423 g/mol. The summed E-state index contributed by atoms with van der Waals surface area (Å²) >= 11 is 7.47. The van der Waals surface area contributed by atoms with Crippen LogP contribution in [0.15, 0.2) is 35.7 Å². The fourth-order valence-electron chi connectivity index (χ4n) is 3.92. The van der Waals surface area contributed by atoms with E-state index >= 15 is 0 Å². The van der Waals surface area contributed by atoms with E-state index in [0.717, 1.165) is 41.7 Å². The number of nitrogens with zero attached hydrogens (tertiary/aromatic N) is 2. The van der Waals surface area contributed by atoms with Crippen LogP contribution >= 0.6 is 22.9 Å². The van der Waals surface area contributed by atoms with Crippen LogP contribution in [0.1, 0.15) is 48.1 Å². The van der Waals surface area contributed by atoms with Crippen LogP contribution in [0.25, 0.3) is 0 Å². The number of carbonyl (C=O) groups is 2. The first-order valence-electron chi connectivity index (χ1n) is 10.4. The van der Waals surface area contributed by atoms with Crippen LogP contribution in [0.5, 0.6) is 0 Å². The Hall–Kier alpha value is -1.92. The fraction of sp³-hybridized carbons (Fsp3) is 0.478. The molecule has 0 saturated heterocycles. The largest absolute Gasteiger partial charge is 0.332 e. The van der Waals surface area contributed by atoms with Gasteiger partial charge in [0.25, 0.3) is 0 Å². The van der Waals surface area contributed by atoms with Crippen molar-refractivity contribution in [2.24, 2.45) is 0 Å². The summed E-state index contributed by atoms with van der Waals surface area (Å²) in [6.07, 6.45) is 5.13. The molecule has 0 atom stereocenters. The molecule has 0 spiro atoms. The van der Waals surface area contributed by atoms with E-state index in [1.54, 1.807) is 33.3 Å². The third-order valence-corrected chi connectivity index (χ3v) is 6.93. The number of carbonyl (C=O) groups excluding carboxylic acids is 2. The molecule has 0 radical (unpaired) electrons. The van der Waals surface area contributed by atoms with Crippen LogP contribution < -0.4 is 0 Å². The minimum absolute atomic E-state index is 0.0296. The van der Waals surface area contributed by atoms with Gasteiger partial charge < -0.3 is 9.80 Å². The highest BCUT2D eigenvalue weighted by atomic mass is 35.5. The maximum absolute atomic E-state index is 13.3. The highest BCUT2D eigenvalue weighted by molar-refractivity contribution is 7.10. The van der Waals surface area contributed by atoms with Gasteiger partial charge in [0.05, 0.1) is 6.54 Å². The number of aryl methyl sites for hydroxylation is 1. The maximum Gasteiger partial charge on any atom is 0.242 e. The molecule has 2 aromatic rings. The topological polar surface area (TPSA) is 40.6 Å². The van der Waals surface area contributed by atoms with Gasteiger partial charge in [-0.3, -0.25) is 9.59 Å². The van der Waals surface area contributed by atoms with Crippen LogP contribution in [0.4, 0.5) is 4.39 Å². The molecule has 1 aromatic heterocycles.